The number of benzene rings is 2. The number of H-pyrrole nitrogens is 1. The topological polar surface area (TPSA) is 73.5 Å². The van der Waals surface area contributed by atoms with Crippen molar-refractivity contribution in [1.82, 2.24) is 9.88 Å². The molecule has 1 N–H and O–H groups in total. The van der Waals surface area contributed by atoms with Gasteiger partial charge in [0.1, 0.15) is 0 Å². The molecular weight excluding hydrogens is 354 g/mol. The molecule has 3 heterocycles. The molecule has 140 valence electrons. The lowest BCUT2D eigenvalue weighted by Crippen LogP contribution is -2.59. The molecule has 2 aromatic carbocycles. The van der Waals surface area contributed by atoms with Gasteiger partial charge in [0.2, 0.25) is 11.8 Å². The Morgan fingerprint density at radius 1 is 1.00 bits per heavy atom. The van der Waals surface area contributed by atoms with Gasteiger partial charge in [-0.25, -0.2) is 4.90 Å². The van der Waals surface area contributed by atoms with Gasteiger partial charge in [-0.2, -0.15) is 0 Å². The second-order valence-corrected chi connectivity index (χ2v) is 7.33. The minimum Gasteiger partial charge on any atom is -0.355 e. The number of carbonyl (C=O) groups is 3. The number of rotatable bonds is 0. The van der Waals surface area contributed by atoms with Crippen molar-refractivity contribution in [2.75, 3.05) is 11.4 Å². The molecule has 0 saturated heterocycles. The normalized spacial score (nSPS) is 20.6. The van der Waals surface area contributed by atoms with Crippen LogP contribution in [0.2, 0.25) is 0 Å². The summed E-state index contributed by atoms with van der Waals surface area (Å²) in [4.78, 5) is 45.1. The highest BCUT2D eigenvalue weighted by atomic mass is 16.2. The number of imide groups is 1. The predicted octanol–water partition coefficient (Wildman–Crippen LogP) is 2.71. The fourth-order valence-corrected chi connectivity index (χ4v) is 4.86. The third kappa shape index (κ3) is 1.84. The highest BCUT2D eigenvalue weighted by Gasteiger charge is 2.61. The van der Waals surface area contributed by atoms with Gasteiger partial charge < -0.3 is 9.88 Å². The Labute approximate surface area is 161 Å². The molecule has 6 heteroatoms. The first-order chi connectivity index (χ1) is 13.5. The Hall–Kier alpha value is -3.41. The average molecular weight is 373 g/mol. The standard InChI is InChI=1S/C22H19N3O3/c1-13(26)24-12-11-16-15-7-3-5-9-18(15)23-20(16)22(24)17-8-4-6-10-19(17)25(14(2)27)21(22)28/h3-10,23H,11-12H2,1-2H3. The molecule has 0 radical (unpaired) electrons. The van der Waals surface area contributed by atoms with E-state index in [9.17, 15) is 14.4 Å². The molecule has 0 bridgehead atoms. The summed E-state index contributed by atoms with van der Waals surface area (Å²) in [6.07, 6.45) is 0.649. The van der Waals surface area contributed by atoms with Crippen LogP contribution in [-0.2, 0) is 26.3 Å². The van der Waals surface area contributed by atoms with Gasteiger partial charge in [0.15, 0.2) is 5.54 Å². The van der Waals surface area contributed by atoms with Gasteiger partial charge in [0.05, 0.1) is 11.4 Å². The quantitative estimate of drug-likeness (QED) is 0.658. The van der Waals surface area contributed by atoms with Gasteiger partial charge in [-0.3, -0.25) is 14.4 Å². The Bertz CT molecular complexity index is 1180. The van der Waals surface area contributed by atoms with Crippen LogP contribution in [0.5, 0.6) is 0 Å². The third-order valence-corrected chi connectivity index (χ3v) is 5.91. The van der Waals surface area contributed by atoms with Crippen molar-refractivity contribution >= 4 is 34.3 Å². The second kappa shape index (κ2) is 5.55. The van der Waals surface area contributed by atoms with E-state index in [0.29, 0.717) is 29.9 Å². The van der Waals surface area contributed by atoms with Crippen molar-refractivity contribution in [3.05, 3.63) is 65.4 Å². The molecule has 0 fully saturated rings. The van der Waals surface area contributed by atoms with E-state index in [1.165, 1.54) is 18.7 Å². The van der Waals surface area contributed by atoms with E-state index >= 15 is 0 Å². The molecular formula is C22H19N3O3. The summed E-state index contributed by atoms with van der Waals surface area (Å²) in [5, 5.41) is 1.05. The SMILES string of the molecule is CC(=O)N1C(=O)C2(c3ccccc31)c1[nH]c3ccccc3c1CCN2C(C)=O. The summed E-state index contributed by atoms with van der Waals surface area (Å²) in [7, 11) is 0. The molecule has 0 saturated carbocycles. The molecule has 6 nitrogen and oxygen atoms in total. The number of hydrogen-bond donors (Lipinski definition) is 1. The Morgan fingerprint density at radius 2 is 1.71 bits per heavy atom. The minimum absolute atomic E-state index is 0.196. The van der Waals surface area contributed by atoms with Crippen LogP contribution >= 0.6 is 0 Å². The smallest absolute Gasteiger partial charge is 0.270 e. The lowest BCUT2D eigenvalue weighted by atomic mass is 9.80. The monoisotopic (exact) mass is 373 g/mol. The molecule has 1 unspecified atom stereocenters. The van der Waals surface area contributed by atoms with Gasteiger partial charge in [-0.1, -0.05) is 36.4 Å². The number of aromatic nitrogens is 1. The van der Waals surface area contributed by atoms with Crippen LogP contribution in [0.15, 0.2) is 48.5 Å². The molecule has 2 aliphatic heterocycles. The van der Waals surface area contributed by atoms with Gasteiger partial charge >= 0.3 is 0 Å². The molecule has 5 rings (SSSR count). The first-order valence-electron chi connectivity index (χ1n) is 9.30. The number of fused-ring (bicyclic) bond motifs is 6. The number of aromatic amines is 1. The van der Waals surface area contributed by atoms with E-state index < -0.39 is 11.4 Å². The molecule has 3 amide bonds. The number of nitrogens with one attached hydrogen (secondary N) is 1. The van der Waals surface area contributed by atoms with Crippen molar-refractivity contribution in [3.63, 3.8) is 0 Å². The summed E-state index contributed by atoms with van der Waals surface area (Å²) in [5.41, 5.74) is 2.50. The van der Waals surface area contributed by atoms with E-state index in [0.717, 1.165) is 16.5 Å². The maximum absolute atomic E-state index is 13.8. The fraction of sp³-hybridized carbons (Fsp3) is 0.227. The zero-order chi connectivity index (χ0) is 19.6. The zero-order valence-corrected chi connectivity index (χ0v) is 15.7. The molecule has 1 atom stereocenters. The van der Waals surface area contributed by atoms with E-state index in [-0.39, 0.29) is 11.8 Å². The van der Waals surface area contributed by atoms with Crippen molar-refractivity contribution in [1.29, 1.82) is 0 Å². The maximum Gasteiger partial charge on any atom is 0.270 e. The van der Waals surface area contributed by atoms with Gasteiger partial charge in [-0.05, 0) is 24.1 Å². The summed E-state index contributed by atoms with van der Waals surface area (Å²) < 4.78 is 0. The van der Waals surface area contributed by atoms with Crippen LogP contribution in [0.3, 0.4) is 0 Å². The second-order valence-electron chi connectivity index (χ2n) is 7.33. The van der Waals surface area contributed by atoms with Crippen LogP contribution in [-0.4, -0.2) is 34.2 Å². The average Bonchev–Trinajstić information content (AvgIpc) is 3.17. The van der Waals surface area contributed by atoms with E-state index in [4.69, 9.17) is 0 Å². The fourth-order valence-electron chi connectivity index (χ4n) is 4.86. The molecule has 0 aliphatic carbocycles. The highest BCUT2D eigenvalue weighted by molar-refractivity contribution is 6.24. The maximum atomic E-state index is 13.8. The summed E-state index contributed by atoms with van der Waals surface area (Å²) in [5.74, 6) is -0.956. The van der Waals surface area contributed by atoms with Crippen LogP contribution in [0.1, 0.15) is 30.7 Å². The lowest BCUT2D eigenvalue weighted by Gasteiger charge is -2.43. The molecule has 3 aromatic rings. The predicted molar refractivity (Wildman–Crippen MR) is 105 cm³/mol. The third-order valence-electron chi connectivity index (χ3n) is 5.91. The van der Waals surface area contributed by atoms with E-state index in [1.54, 1.807) is 17.0 Å². The number of nitrogens with zero attached hydrogens (tertiary/aromatic N) is 2. The largest absolute Gasteiger partial charge is 0.355 e. The highest BCUT2D eigenvalue weighted by Crippen LogP contribution is 2.51. The van der Waals surface area contributed by atoms with Crippen LogP contribution in [0.4, 0.5) is 5.69 Å². The van der Waals surface area contributed by atoms with Gasteiger partial charge in [-0.15, -0.1) is 0 Å². The summed E-state index contributed by atoms with van der Waals surface area (Å²) in [6.45, 7) is 3.26. The van der Waals surface area contributed by atoms with Crippen LogP contribution in [0, 0.1) is 0 Å². The van der Waals surface area contributed by atoms with Crippen LogP contribution in [0.25, 0.3) is 10.9 Å². The molecule has 2 aliphatic rings. The number of hydrogen-bond acceptors (Lipinski definition) is 3. The first kappa shape index (κ1) is 16.7. The number of anilines is 1. The Balaban J connectivity index is 1.92. The lowest BCUT2D eigenvalue weighted by molar-refractivity contribution is -0.144. The van der Waals surface area contributed by atoms with Crippen molar-refractivity contribution < 1.29 is 14.4 Å². The van der Waals surface area contributed by atoms with Gasteiger partial charge in [0, 0.05) is 36.9 Å². The first-order valence-corrected chi connectivity index (χ1v) is 9.30. The number of para-hydroxylation sites is 2. The zero-order valence-electron chi connectivity index (χ0n) is 15.7. The Kier molecular flexibility index (Phi) is 3.32. The number of amides is 3. The molecule has 28 heavy (non-hydrogen) atoms. The van der Waals surface area contributed by atoms with Gasteiger partial charge in [0.25, 0.3) is 5.91 Å². The summed E-state index contributed by atoms with van der Waals surface area (Å²) >= 11 is 0. The number of carbonyl (C=O) groups excluding carboxylic acids is 3. The van der Waals surface area contributed by atoms with E-state index in [1.807, 2.05) is 36.4 Å². The van der Waals surface area contributed by atoms with Crippen molar-refractivity contribution in [2.24, 2.45) is 0 Å². The van der Waals surface area contributed by atoms with Crippen LogP contribution < -0.4 is 4.90 Å². The Morgan fingerprint density at radius 3 is 2.46 bits per heavy atom. The van der Waals surface area contributed by atoms with Crippen molar-refractivity contribution in [2.45, 2.75) is 25.8 Å². The van der Waals surface area contributed by atoms with Crippen molar-refractivity contribution in [3.8, 4) is 0 Å². The molecule has 1 spiro atoms. The molecule has 1 aromatic heterocycles. The van der Waals surface area contributed by atoms with E-state index in [2.05, 4.69) is 4.98 Å². The minimum atomic E-state index is -1.35. The summed E-state index contributed by atoms with van der Waals surface area (Å²) in [6, 6.07) is 15.1.